The molecule has 1 aromatic carbocycles. The van der Waals surface area contributed by atoms with Crippen LogP contribution in [0.4, 0.5) is 0 Å². The maximum Gasteiger partial charge on any atom is 0.360 e. The molecule has 1 fully saturated rings. The van der Waals surface area contributed by atoms with Gasteiger partial charge in [-0.05, 0) is 12.1 Å². The van der Waals surface area contributed by atoms with E-state index in [9.17, 15) is 9.90 Å². The van der Waals surface area contributed by atoms with E-state index in [0.29, 0.717) is 29.9 Å². The summed E-state index contributed by atoms with van der Waals surface area (Å²) in [6, 6.07) is 7.23. The van der Waals surface area contributed by atoms with Crippen molar-refractivity contribution in [2.45, 2.75) is 18.9 Å². The van der Waals surface area contributed by atoms with Crippen LogP contribution in [0.15, 0.2) is 24.3 Å². The van der Waals surface area contributed by atoms with E-state index in [1.807, 2.05) is 12.1 Å². The molecule has 1 N–H and O–H groups in total. The number of carbonyl (C=O) groups is 1. The average molecular weight is 274 g/mol. The summed E-state index contributed by atoms with van der Waals surface area (Å²) in [5, 5.41) is 17.6. The van der Waals surface area contributed by atoms with Crippen LogP contribution >= 0.6 is 0 Å². The number of hydrogen-bond acceptors (Lipinski definition) is 5. The second-order valence-electron chi connectivity index (χ2n) is 4.63. The monoisotopic (exact) mass is 274 g/mol. The average Bonchev–Trinajstić information content (AvgIpc) is 2.48. The van der Waals surface area contributed by atoms with Crippen LogP contribution in [0.2, 0.25) is 0 Å². The van der Waals surface area contributed by atoms with Crippen molar-refractivity contribution >= 4 is 16.9 Å². The van der Waals surface area contributed by atoms with Crippen molar-refractivity contribution in [2.24, 2.45) is 0 Å². The predicted molar refractivity (Wildman–Crippen MR) is 71.0 cm³/mol. The molecule has 0 amide bonds. The Bertz CT molecular complexity index is 638. The molecule has 0 unspecified atom stereocenters. The Morgan fingerprint density at radius 1 is 1.25 bits per heavy atom. The molecule has 0 radical (unpaired) electrons. The Balaban J connectivity index is 2.04. The SMILES string of the molecule is O=C(O)c1nnc2ccccc2c1OC1CCOCC1. The maximum absolute atomic E-state index is 11.3. The highest BCUT2D eigenvalue weighted by molar-refractivity contribution is 5.96. The smallest absolute Gasteiger partial charge is 0.360 e. The summed E-state index contributed by atoms with van der Waals surface area (Å²) in [5.41, 5.74) is 0.481. The van der Waals surface area contributed by atoms with Crippen LogP contribution in [0.25, 0.3) is 10.9 Å². The van der Waals surface area contributed by atoms with E-state index in [-0.39, 0.29) is 11.8 Å². The molecule has 1 saturated heterocycles. The summed E-state index contributed by atoms with van der Waals surface area (Å²) in [6.07, 6.45) is 1.44. The van der Waals surface area contributed by atoms with E-state index in [2.05, 4.69) is 10.2 Å². The standard InChI is InChI=1S/C14H14N2O4/c17-14(18)12-13(20-9-5-7-19-8-6-9)10-3-1-2-4-11(10)15-16-12/h1-4,9H,5-8H2,(H,17,18). The molecular formula is C14H14N2O4. The van der Waals surface area contributed by atoms with Gasteiger partial charge in [-0.15, -0.1) is 10.2 Å². The van der Waals surface area contributed by atoms with E-state index in [4.69, 9.17) is 9.47 Å². The first-order valence-corrected chi connectivity index (χ1v) is 6.49. The summed E-state index contributed by atoms with van der Waals surface area (Å²) < 4.78 is 11.2. The van der Waals surface area contributed by atoms with Crippen molar-refractivity contribution < 1.29 is 19.4 Å². The van der Waals surface area contributed by atoms with Gasteiger partial charge in [0.2, 0.25) is 5.69 Å². The second kappa shape index (κ2) is 5.42. The molecule has 0 spiro atoms. The fourth-order valence-electron chi connectivity index (χ4n) is 2.25. The van der Waals surface area contributed by atoms with Crippen LogP contribution in [-0.2, 0) is 4.74 Å². The number of ether oxygens (including phenoxy) is 2. The van der Waals surface area contributed by atoms with Crippen molar-refractivity contribution in [1.82, 2.24) is 10.2 Å². The third-order valence-corrected chi connectivity index (χ3v) is 3.28. The number of carboxylic acids is 1. The van der Waals surface area contributed by atoms with Crippen LogP contribution in [0.3, 0.4) is 0 Å². The normalized spacial score (nSPS) is 16.2. The predicted octanol–water partition coefficient (Wildman–Crippen LogP) is 1.89. The van der Waals surface area contributed by atoms with Crippen molar-refractivity contribution in [1.29, 1.82) is 0 Å². The molecule has 104 valence electrons. The summed E-state index contributed by atoms with van der Waals surface area (Å²) in [6.45, 7) is 1.26. The molecule has 1 aromatic heterocycles. The van der Waals surface area contributed by atoms with E-state index in [0.717, 1.165) is 12.8 Å². The van der Waals surface area contributed by atoms with Crippen molar-refractivity contribution in [2.75, 3.05) is 13.2 Å². The number of aromatic carboxylic acids is 1. The topological polar surface area (TPSA) is 81.5 Å². The lowest BCUT2D eigenvalue weighted by molar-refractivity contribution is 0.0252. The zero-order valence-corrected chi connectivity index (χ0v) is 10.8. The molecule has 2 aromatic rings. The molecule has 6 heteroatoms. The Kier molecular flexibility index (Phi) is 3.47. The largest absolute Gasteiger partial charge is 0.487 e. The highest BCUT2D eigenvalue weighted by atomic mass is 16.5. The van der Waals surface area contributed by atoms with Crippen LogP contribution < -0.4 is 4.74 Å². The Morgan fingerprint density at radius 2 is 2.00 bits per heavy atom. The van der Waals surface area contributed by atoms with E-state index < -0.39 is 5.97 Å². The number of aromatic nitrogens is 2. The lowest BCUT2D eigenvalue weighted by atomic mass is 10.1. The third-order valence-electron chi connectivity index (χ3n) is 3.28. The van der Waals surface area contributed by atoms with Gasteiger partial charge in [0, 0.05) is 18.2 Å². The van der Waals surface area contributed by atoms with Gasteiger partial charge in [0.25, 0.3) is 0 Å². The molecule has 0 atom stereocenters. The zero-order valence-electron chi connectivity index (χ0n) is 10.8. The Hall–Kier alpha value is -2.21. The lowest BCUT2D eigenvalue weighted by Crippen LogP contribution is -2.27. The number of rotatable bonds is 3. The van der Waals surface area contributed by atoms with Gasteiger partial charge < -0.3 is 14.6 Å². The van der Waals surface area contributed by atoms with Crippen LogP contribution in [0.5, 0.6) is 5.75 Å². The minimum Gasteiger partial charge on any atom is -0.487 e. The molecule has 6 nitrogen and oxygen atoms in total. The van der Waals surface area contributed by atoms with Gasteiger partial charge in [-0.1, -0.05) is 12.1 Å². The van der Waals surface area contributed by atoms with Gasteiger partial charge in [-0.2, -0.15) is 0 Å². The summed E-state index contributed by atoms with van der Waals surface area (Å²) in [5.74, 6) is -0.833. The first-order chi connectivity index (χ1) is 9.75. The highest BCUT2D eigenvalue weighted by Crippen LogP contribution is 2.29. The van der Waals surface area contributed by atoms with Gasteiger partial charge in [-0.3, -0.25) is 0 Å². The summed E-state index contributed by atoms with van der Waals surface area (Å²) in [4.78, 5) is 11.3. The number of fused-ring (bicyclic) bond motifs is 1. The van der Waals surface area contributed by atoms with Crippen molar-refractivity contribution in [3.63, 3.8) is 0 Å². The van der Waals surface area contributed by atoms with Crippen LogP contribution in [0.1, 0.15) is 23.3 Å². The molecule has 2 heterocycles. The van der Waals surface area contributed by atoms with Crippen molar-refractivity contribution in [3.05, 3.63) is 30.0 Å². The fourth-order valence-corrected chi connectivity index (χ4v) is 2.25. The number of hydrogen-bond donors (Lipinski definition) is 1. The highest BCUT2D eigenvalue weighted by Gasteiger charge is 2.23. The molecule has 1 aliphatic heterocycles. The fraction of sp³-hybridized carbons (Fsp3) is 0.357. The molecule has 0 aliphatic carbocycles. The summed E-state index contributed by atoms with van der Waals surface area (Å²) in [7, 11) is 0. The Morgan fingerprint density at radius 3 is 2.75 bits per heavy atom. The van der Waals surface area contributed by atoms with Gasteiger partial charge in [0.05, 0.1) is 18.7 Å². The molecule has 3 rings (SSSR count). The minimum absolute atomic E-state index is 0.0468. The second-order valence-corrected chi connectivity index (χ2v) is 4.63. The quantitative estimate of drug-likeness (QED) is 0.920. The van der Waals surface area contributed by atoms with Gasteiger partial charge in [0.15, 0.2) is 5.75 Å². The number of benzene rings is 1. The minimum atomic E-state index is -1.13. The summed E-state index contributed by atoms with van der Waals surface area (Å²) >= 11 is 0. The zero-order chi connectivity index (χ0) is 13.9. The molecule has 0 saturated carbocycles. The van der Waals surface area contributed by atoms with E-state index in [1.165, 1.54) is 0 Å². The lowest BCUT2D eigenvalue weighted by Gasteiger charge is -2.24. The maximum atomic E-state index is 11.3. The van der Waals surface area contributed by atoms with Gasteiger partial charge in [-0.25, -0.2) is 4.79 Å². The first-order valence-electron chi connectivity index (χ1n) is 6.49. The molecule has 20 heavy (non-hydrogen) atoms. The van der Waals surface area contributed by atoms with E-state index in [1.54, 1.807) is 12.1 Å². The van der Waals surface area contributed by atoms with Gasteiger partial charge >= 0.3 is 5.97 Å². The van der Waals surface area contributed by atoms with Crippen LogP contribution in [-0.4, -0.2) is 40.6 Å². The first kappa shape index (κ1) is 12.8. The number of carboxylic acid groups (broad SMARTS) is 1. The molecule has 1 aliphatic rings. The molecular weight excluding hydrogens is 260 g/mol. The Labute approximate surface area is 115 Å². The third kappa shape index (κ3) is 2.42. The van der Waals surface area contributed by atoms with E-state index >= 15 is 0 Å². The number of nitrogens with zero attached hydrogens (tertiary/aromatic N) is 2. The van der Waals surface area contributed by atoms with Crippen molar-refractivity contribution in [3.8, 4) is 5.75 Å². The van der Waals surface area contributed by atoms with Gasteiger partial charge in [0.1, 0.15) is 6.10 Å². The van der Waals surface area contributed by atoms with Crippen LogP contribution in [0, 0.1) is 0 Å². The molecule has 0 bridgehead atoms.